The van der Waals surface area contributed by atoms with Crippen molar-refractivity contribution in [3.63, 3.8) is 0 Å². The van der Waals surface area contributed by atoms with Gasteiger partial charge in [-0.25, -0.2) is 0 Å². The lowest BCUT2D eigenvalue weighted by Crippen LogP contribution is -2.22. The van der Waals surface area contributed by atoms with Gasteiger partial charge in [0.05, 0.1) is 12.1 Å². The van der Waals surface area contributed by atoms with E-state index in [9.17, 15) is 0 Å². The molecule has 114 valence electrons. The van der Waals surface area contributed by atoms with E-state index < -0.39 is 0 Å². The molecular weight excluding hydrogens is 262 g/mol. The van der Waals surface area contributed by atoms with E-state index in [4.69, 9.17) is 9.15 Å². The molecule has 0 fully saturated rings. The molecule has 0 aliphatic heterocycles. The number of aryl methyl sites for hydroxylation is 1. The highest BCUT2D eigenvalue weighted by molar-refractivity contribution is 5.29. The van der Waals surface area contributed by atoms with E-state index in [1.54, 1.807) is 0 Å². The fourth-order valence-electron chi connectivity index (χ4n) is 2.35. The van der Waals surface area contributed by atoms with Crippen molar-refractivity contribution < 1.29 is 9.15 Å². The molecule has 2 atom stereocenters. The van der Waals surface area contributed by atoms with Crippen LogP contribution in [-0.2, 0) is 0 Å². The lowest BCUT2D eigenvalue weighted by molar-refractivity contribution is 0.242. The van der Waals surface area contributed by atoms with E-state index in [1.165, 1.54) is 5.56 Å². The van der Waals surface area contributed by atoms with Gasteiger partial charge in [0.15, 0.2) is 0 Å². The SMILES string of the molecule is Cc1ccc(C(C)NC(C)c2ccc(OC(C)C)cc2)o1. The van der Waals surface area contributed by atoms with Crippen LogP contribution in [0.3, 0.4) is 0 Å². The van der Waals surface area contributed by atoms with Gasteiger partial charge in [-0.15, -0.1) is 0 Å². The van der Waals surface area contributed by atoms with E-state index in [0.29, 0.717) is 0 Å². The van der Waals surface area contributed by atoms with E-state index in [-0.39, 0.29) is 18.2 Å². The first-order chi connectivity index (χ1) is 9.95. The Morgan fingerprint density at radius 1 is 0.905 bits per heavy atom. The maximum atomic E-state index is 5.67. The first kappa shape index (κ1) is 15.6. The van der Waals surface area contributed by atoms with Crippen molar-refractivity contribution in [1.82, 2.24) is 5.32 Å². The molecule has 0 bridgehead atoms. The van der Waals surface area contributed by atoms with Crippen LogP contribution >= 0.6 is 0 Å². The van der Waals surface area contributed by atoms with E-state index >= 15 is 0 Å². The van der Waals surface area contributed by atoms with Crippen LogP contribution in [-0.4, -0.2) is 6.10 Å². The molecule has 2 unspecified atom stereocenters. The number of nitrogens with one attached hydrogen (secondary N) is 1. The summed E-state index contributed by atoms with van der Waals surface area (Å²) in [5.74, 6) is 2.83. The summed E-state index contributed by atoms with van der Waals surface area (Å²) in [6, 6.07) is 12.7. The van der Waals surface area contributed by atoms with Gasteiger partial charge >= 0.3 is 0 Å². The normalized spacial score (nSPS) is 14.2. The number of hydrogen-bond donors (Lipinski definition) is 1. The van der Waals surface area contributed by atoms with Gasteiger partial charge in [0.2, 0.25) is 0 Å². The lowest BCUT2D eigenvalue weighted by Gasteiger charge is -2.19. The van der Waals surface area contributed by atoms with E-state index in [1.807, 2.05) is 45.0 Å². The third-order valence-corrected chi connectivity index (χ3v) is 3.44. The van der Waals surface area contributed by atoms with Gasteiger partial charge in [-0.3, -0.25) is 0 Å². The number of ether oxygens (including phenoxy) is 1. The fourth-order valence-corrected chi connectivity index (χ4v) is 2.35. The van der Waals surface area contributed by atoms with Crippen LogP contribution < -0.4 is 10.1 Å². The smallest absolute Gasteiger partial charge is 0.120 e. The van der Waals surface area contributed by atoms with Crippen molar-refractivity contribution >= 4 is 0 Å². The standard InChI is InChI=1S/C18H25NO2/c1-12(2)20-17-9-7-16(8-10-17)14(4)19-15(5)18-11-6-13(3)21-18/h6-12,14-15,19H,1-5H3. The molecule has 1 aromatic heterocycles. The average Bonchev–Trinajstić information content (AvgIpc) is 2.85. The summed E-state index contributed by atoms with van der Waals surface area (Å²) in [7, 11) is 0. The van der Waals surface area contributed by atoms with Gasteiger partial charge in [0.25, 0.3) is 0 Å². The summed E-state index contributed by atoms with van der Waals surface area (Å²) < 4.78 is 11.3. The second kappa shape index (κ2) is 6.81. The zero-order valence-electron chi connectivity index (χ0n) is 13.5. The molecule has 0 saturated carbocycles. The molecule has 3 heteroatoms. The number of rotatable bonds is 6. The summed E-state index contributed by atoms with van der Waals surface area (Å²) >= 11 is 0. The highest BCUT2D eigenvalue weighted by Gasteiger charge is 2.14. The Hall–Kier alpha value is -1.74. The second-order valence-corrected chi connectivity index (χ2v) is 5.79. The Balaban J connectivity index is 1.98. The summed E-state index contributed by atoms with van der Waals surface area (Å²) in [5, 5.41) is 3.55. The molecule has 1 heterocycles. The summed E-state index contributed by atoms with van der Waals surface area (Å²) in [6.45, 7) is 10.3. The second-order valence-electron chi connectivity index (χ2n) is 5.79. The summed E-state index contributed by atoms with van der Waals surface area (Å²) in [5.41, 5.74) is 1.24. The van der Waals surface area contributed by atoms with Crippen molar-refractivity contribution in [3.8, 4) is 5.75 Å². The van der Waals surface area contributed by atoms with Crippen LogP contribution in [0, 0.1) is 6.92 Å². The fraction of sp³-hybridized carbons (Fsp3) is 0.444. The third kappa shape index (κ3) is 4.36. The highest BCUT2D eigenvalue weighted by atomic mass is 16.5. The van der Waals surface area contributed by atoms with Crippen LogP contribution in [0.1, 0.15) is 56.9 Å². The van der Waals surface area contributed by atoms with Crippen LogP contribution in [0.5, 0.6) is 5.75 Å². The first-order valence-corrected chi connectivity index (χ1v) is 7.54. The minimum Gasteiger partial charge on any atom is -0.491 e. The Labute approximate surface area is 127 Å². The molecule has 0 spiro atoms. The molecule has 0 aliphatic carbocycles. The van der Waals surface area contributed by atoms with Gasteiger partial charge in [-0.2, -0.15) is 0 Å². The highest BCUT2D eigenvalue weighted by Crippen LogP contribution is 2.23. The molecule has 2 aromatic rings. The van der Waals surface area contributed by atoms with Gasteiger partial charge in [-0.05, 0) is 64.4 Å². The molecule has 0 amide bonds. The number of benzene rings is 1. The summed E-state index contributed by atoms with van der Waals surface area (Å²) in [4.78, 5) is 0. The molecular formula is C18H25NO2. The maximum absolute atomic E-state index is 5.67. The minimum absolute atomic E-state index is 0.181. The zero-order chi connectivity index (χ0) is 15.4. The Kier molecular flexibility index (Phi) is 5.07. The lowest BCUT2D eigenvalue weighted by atomic mass is 10.1. The van der Waals surface area contributed by atoms with Crippen LogP contribution in [0.15, 0.2) is 40.8 Å². The predicted molar refractivity (Wildman–Crippen MR) is 85.6 cm³/mol. The molecule has 3 nitrogen and oxygen atoms in total. The number of furan rings is 1. The van der Waals surface area contributed by atoms with Crippen molar-refractivity contribution in [2.75, 3.05) is 0 Å². The van der Waals surface area contributed by atoms with Crippen LogP contribution in [0.25, 0.3) is 0 Å². The van der Waals surface area contributed by atoms with Gasteiger partial charge < -0.3 is 14.5 Å². The van der Waals surface area contributed by atoms with Gasteiger partial charge in [0.1, 0.15) is 17.3 Å². The van der Waals surface area contributed by atoms with Gasteiger partial charge in [0, 0.05) is 6.04 Å². The van der Waals surface area contributed by atoms with Crippen LogP contribution in [0.4, 0.5) is 0 Å². The van der Waals surface area contributed by atoms with Crippen LogP contribution in [0.2, 0.25) is 0 Å². The third-order valence-electron chi connectivity index (χ3n) is 3.44. The molecule has 0 aliphatic rings. The largest absolute Gasteiger partial charge is 0.491 e. The Morgan fingerprint density at radius 2 is 1.57 bits per heavy atom. The average molecular weight is 287 g/mol. The molecule has 0 saturated heterocycles. The van der Waals surface area contributed by atoms with Crippen molar-refractivity contribution in [2.24, 2.45) is 0 Å². The van der Waals surface area contributed by atoms with Crippen molar-refractivity contribution in [3.05, 3.63) is 53.5 Å². The molecule has 1 aromatic carbocycles. The predicted octanol–water partition coefficient (Wildman–Crippen LogP) is 4.79. The first-order valence-electron chi connectivity index (χ1n) is 7.54. The molecule has 1 N–H and O–H groups in total. The van der Waals surface area contributed by atoms with Gasteiger partial charge in [-0.1, -0.05) is 12.1 Å². The van der Waals surface area contributed by atoms with E-state index in [0.717, 1.165) is 17.3 Å². The van der Waals surface area contributed by atoms with Crippen molar-refractivity contribution in [1.29, 1.82) is 0 Å². The molecule has 2 rings (SSSR count). The van der Waals surface area contributed by atoms with Crippen molar-refractivity contribution in [2.45, 2.75) is 52.8 Å². The summed E-state index contributed by atoms with van der Waals surface area (Å²) in [6.07, 6.45) is 0.202. The monoisotopic (exact) mass is 287 g/mol. The quantitative estimate of drug-likeness (QED) is 0.829. The maximum Gasteiger partial charge on any atom is 0.120 e. The van der Waals surface area contributed by atoms with E-state index in [2.05, 4.69) is 31.3 Å². The molecule has 21 heavy (non-hydrogen) atoms. The minimum atomic E-state index is 0.181. The number of hydrogen-bond acceptors (Lipinski definition) is 3. The molecule has 0 radical (unpaired) electrons. The zero-order valence-corrected chi connectivity index (χ0v) is 13.5. The Morgan fingerprint density at radius 3 is 2.10 bits per heavy atom. The Bertz CT molecular complexity index is 557. The topological polar surface area (TPSA) is 34.4 Å².